The Kier molecular flexibility index (Phi) is 5.86. The van der Waals surface area contributed by atoms with Gasteiger partial charge in [0.15, 0.2) is 0 Å². The Morgan fingerprint density at radius 2 is 1.68 bits per heavy atom. The minimum absolute atomic E-state index is 0.0301. The number of aliphatic hydroxyl groups is 1. The van der Waals surface area contributed by atoms with Crippen LogP contribution >= 0.6 is 11.8 Å². The van der Waals surface area contributed by atoms with Gasteiger partial charge in [0, 0.05) is 17.9 Å². The van der Waals surface area contributed by atoms with E-state index < -0.39 is 22.6 Å². The van der Waals surface area contributed by atoms with Crippen molar-refractivity contribution in [2.45, 2.75) is 6.54 Å². The highest BCUT2D eigenvalue weighted by atomic mass is 32.2. The minimum atomic E-state index is -0.554. The molecule has 1 aliphatic heterocycles. The number of nitrogens with zero attached hydrogens (tertiary/aromatic N) is 2. The van der Waals surface area contributed by atoms with Gasteiger partial charge >= 0.3 is 0 Å². The highest BCUT2D eigenvalue weighted by Crippen LogP contribution is 2.37. The summed E-state index contributed by atoms with van der Waals surface area (Å²) in [5.41, 5.74) is 0.972. The number of nitro benzene ring substituents is 1. The number of hydrogen-bond donors (Lipinski definition) is 1. The van der Waals surface area contributed by atoms with Gasteiger partial charge in [-0.15, -0.1) is 11.8 Å². The Bertz CT molecular complexity index is 957. The summed E-state index contributed by atoms with van der Waals surface area (Å²) in [6.45, 7) is -0.210. The van der Waals surface area contributed by atoms with Gasteiger partial charge in [0.05, 0.1) is 28.6 Å². The fourth-order valence-electron chi connectivity index (χ4n) is 2.76. The molecule has 0 fully saturated rings. The highest BCUT2D eigenvalue weighted by Gasteiger charge is 2.39. The van der Waals surface area contributed by atoms with Crippen LogP contribution in [0.4, 0.5) is 10.1 Å². The molecule has 0 saturated carbocycles. The lowest BCUT2D eigenvalue weighted by atomic mass is 10.1. The number of nitro groups is 1. The van der Waals surface area contributed by atoms with Crippen molar-refractivity contribution < 1.29 is 24.0 Å². The minimum Gasteiger partial charge on any atom is -0.396 e. The molecule has 144 valence electrons. The summed E-state index contributed by atoms with van der Waals surface area (Å²) >= 11 is 1.05. The summed E-state index contributed by atoms with van der Waals surface area (Å²) in [5.74, 6) is -1.26. The maximum atomic E-state index is 13.1. The summed E-state index contributed by atoms with van der Waals surface area (Å²) in [6, 6.07) is 10.8. The van der Waals surface area contributed by atoms with Gasteiger partial charge in [-0.1, -0.05) is 12.1 Å². The van der Waals surface area contributed by atoms with Crippen molar-refractivity contribution in [2.75, 3.05) is 12.4 Å². The fourth-order valence-corrected chi connectivity index (χ4v) is 3.63. The number of amides is 2. The van der Waals surface area contributed by atoms with E-state index in [1.54, 1.807) is 0 Å². The molecule has 0 radical (unpaired) electrons. The van der Waals surface area contributed by atoms with E-state index in [1.165, 1.54) is 48.5 Å². The lowest BCUT2D eigenvalue weighted by Crippen LogP contribution is -2.31. The number of imide groups is 1. The molecule has 2 amide bonds. The molecule has 9 heteroatoms. The molecule has 0 spiro atoms. The molecule has 2 aromatic carbocycles. The summed E-state index contributed by atoms with van der Waals surface area (Å²) in [6.07, 6.45) is 0. The second kappa shape index (κ2) is 8.32. The lowest BCUT2D eigenvalue weighted by Gasteiger charge is -2.15. The van der Waals surface area contributed by atoms with Crippen molar-refractivity contribution >= 4 is 34.8 Å². The smallest absolute Gasteiger partial charge is 0.269 e. The molecule has 0 aromatic heterocycles. The molecule has 0 aliphatic carbocycles. The van der Waals surface area contributed by atoms with E-state index in [4.69, 9.17) is 5.11 Å². The molecule has 0 saturated heterocycles. The third-order valence-electron chi connectivity index (χ3n) is 4.08. The Hall–Kier alpha value is -3.04. The number of thioether (sulfide) groups is 1. The lowest BCUT2D eigenvalue weighted by molar-refractivity contribution is -0.384. The average Bonchev–Trinajstić information content (AvgIpc) is 2.92. The van der Waals surface area contributed by atoms with Crippen molar-refractivity contribution in [2.24, 2.45) is 0 Å². The van der Waals surface area contributed by atoms with Crippen LogP contribution in [0, 0.1) is 15.9 Å². The zero-order valence-corrected chi connectivity index (χ0v) is 15.3. The third kappa shape index (κ3) is 3.95. The maximum Gasteiger partial charge on any atom is 0.269 e. The van der Waals surface area contributed by atoms with E-state index in [0.29, 0.717) is 11.1 Å². The Morgan fingerprint density at radius 3 is 2.25 bits per heavy atom. The van der Waals surface area contributed by atoms with Crippen LogP contribution in [0.15, 0.2) is 53.4 Å². The van der Waals surface area contributed by atoms with Gasteiger partial charge in [-0.2, -0.15) is 0 Å². The Balaban J connectivity index is 1.95. The molecule has 0 atom stereocenters. The first kappa shape index (κ1) is 19.7. The molecular weight excluding hydrogens is 387 g/mol. The molecule has 1 aliphatic rings. The van der Waals surface area contributed by atoms with Crippen LogP contribution < -0.4 is 0 Å². The topological polar surface area (TPSA) is 101 Å². The van der Waals surface area contributed by atoms with Gasteiger partial charge in [0.2, 0.25) is 0 Å². The highest BCUT2D eigenvalue weighted by molar-refractivity contribution is 8.04. The second-order valence-corrected chi connectivity index (χ2v) is 7.01. The summed E-state index contributed by atoms with van der Waals surface area (Å²) < 4.78 is 13.1. The Labute approximate surface area is 163 Å². The molecular formula is C19H15FN2O5S. The molecule has 1 N–H and O–H groups in total. The maximum absolute atomic E-state index is 13.1. The molecule has 0 unspecified atom stereocenters. The van der Waals surface area contributed by atoms with Gasteiger partial charge in [-0.05, 0) is 35.4 Å². The van der Waals surface area contributed by atoms with E-state index in [-0.39, 0.29) is 35.1 Å². The van der Waals surface area contributed by atoms with Crippen molar-refractivity contribution in [3.8, 4) is 0 Å². The first-order valence-corrected chi connectivity index (χ1v) is 9.24. The Morgan fingerprint density at radius 1 is 1.04 bits per heavy atom. The normalized spacial score (nSPS) is 14.1. The first-order chi connectivity index (χ1) is 13.4. The van der Waals surface area contributed by atoms with Crippen molar-refractivity contribution in [1.29, 1.82) is 0 Å². The van der Waals surface area contributed by atoms with E-state index in [2.05, 4.69) is 0 Å². The van der Waals surface area contributed by atoms with Gasteiger partial charge in [-0.3, -0.25) is 24.6 Å². The van der Waals surface area contributed by atoms with E-state index >= 15 is 0 Å². The van der Waals surface area contributed by atoms with Gasteiger partial charge in [0.25, 0.3) is 17.5 Å². The number of aliphatic hydroxyl groups excluding tert-OH is 1. The number of hydrogen-bond acceptors (Lipinski definition) is 6. The molecule has 0 bridgehead atoms. The molecule has 28 heavy (non-hydrogen) atoms. The number of carbonyl (C=O) groups excluding carboxylic acids is 2. The number of carbonyl (C=O) groups is 2. The van der Waals surface area contributed by atoms with E-state index in [0.717, 1.165) is 16.7 Å². The number of benzene rings is 2. The summed E-state index contributed by atoms with van der Waals surface area (Å²) in [5, 5.41) is 19.9. The molecule has 1 heterocycles. The number of non-ortho nitro benzene ring substituents is 1. The first-order valence-electron chi connectivity index (χ1n) is 8.25. The summed E-state index contributed by atoms with van der Waals surface area (Å²) in [7, 11) is 0. The molecule has 3 rings (SSSR count). The monoisotopic (exact) mass is 402 g/mol. The van der Waals surface area contributed by atoms with Gasteiger partial charge in [0.1, 0.15) is 5.82 Å². The predicted molar refractivity (Wildman–Crippen MR) is 102 cm³/mol. The zero-order chi connectivity index (χ0) is 20.3. The number of halogens is 1. The summed E-state index contributed by atoms with van der Waals surface area (Å²) in [4.78, 5) is 37.3. The van der Waals surface area contributed by atoms with E-state index in [1.807, 2.05) is 0 Å². The zero-order valence-electron chi connectivity index (χ0n) is 14.5. The second-order valence-electron chi connectivity index (χ2n) is 5.90. The third-order valence-corrected chi connectivity index (χ3v) is 5.14. The van der Waals surface area contributed by atoms with E-state index in [9.17, 15) is 24.1 Å². The van der Waals surface area contributed by atoms with Crippen molar-refractivity contribution in [3.05, 3.63) is 80.5 Å². The number of rotatable bonds is 7. The quantitative estimate of drug-likeness (QED) is 0.434. The fraction of sp³-hybridized carbons (Fsp3) is 0.158. The van der Waals surface area contributed by atoms with Gasteiger partial charge in [-0.25, -0.2) is 4.39 Å². The van der Waals surface area contributed by atoms with Crippen LogP contribution in [-0.2, 0) is 16.1 Å². The van der Waals surface area contributed by atoms with Crippen LogP contribution in [0.5, 0.6) is 0 Å². The van der Waals surface area contributed by atoms with Crippen LogP contribution in [0.1, 0.15) is 11.1 Å². The standard InChI is InChI=1S/C19H15FN2O5S/c20-14-5-1-12(2-6-14)11-21-18(24)16(17(19(21)25)28-10-9-23)13-3-7-15(8-4-13)22(26)27/h1-8,23H,9-11H2. The van der Waals surface area contributed by atoms with Crippen molar-refractivity contribution in [3.63, 3.8) is 0 Å². The van der Waals surface area contributed by atoms with Crippen LogP contribution in [0.2, 0.25) is 0 Å². The average molecular weight is 402 g/mol. The SMILES string of the molecule is O=C1C(SCCO)=C(c2ccc([N+](=O)[O-])cc2)C(=O)N1Cc1ccc(F)cc1. The van der Waals surface area contributed by atoms with Crippen LogP contribution in [-0.4, -0.2) is 39.1 Å². The van der Waals surface area contributed by atoms with Crippen LogP contribution in [0.3, 0.4) is 0 Å². The van der Waals surface area contributed by atoms with Crippen LogP contribution in [0.25, 0.3) is 5.57 Å². The predicted octanol–water partition coefficient (Wildman–Crippen LogP) is 2.74. The molecule has 2 aromatic rings. The molecule has 7 nitrogen and oxygen atoms in total. The van der Waals surface area contributed by atoms with Crippen molar-refractivity contribution in [1.82, 2.24) is 4.90 Å². The van der Waals surface area contributed by atoms with Gasteiger partial charge < -0.3 is 5.11 Å². The largest absolute Gasteiger partial charge is 0.396 e.